The Morgan fingerprint density at radius 1 is 0.750 bits per heavy atom. The van der Waals surface area contributed by atoms with Crippen LogP contribution in [0, 0.1) is 0 Å². The summed E-state index contributed by atoms with van der Waals surface area (Å²) in [6.07, 6.45) is -5.91. The van der Waals surface area contributed by atoms with Gasteiger partial charge >= 0.3 is 17.7 Å². The lowest BCUT2D eigenvalue weighted by Gasteiger charge is -2.29. The largest absolute Gasteiger partial charge is 0.480 e. The van der Waals surface area contributed by atoms with E-state index in [0.29, 0.717) is 27.0 Å². The van der Waals surface area contributed by atoms with Crippen molar-refractivity contribution in [1.29, 1.82) is 0 Å². The minimum Gasteiger partial charge on any atom is -0.480 e. The first-order chi connectivity index (χ1) is 31.7. The first kappa shape index (κ1) is 58.1. The molecule has 1 aromatic heterocycles. The van der Waals surface area contributed by atoms with E-state index in [1.54, 1.807) is 0 Å². The molecule has 0 bridgehead atoms. The zero-order valence-electron chi connectivity index (χ0n) is 37.4. The first-order valence-electron chi connectivity index (χ1n) is 20.8. The minimum atomic E-state index is -2.31. The number of urea groups is 1. The molecule has 16 N–H and O–H groups in total. The molecule has 31 heteroatoms. The van der Waals surface area contributed by atoms with E-state index < -0.39 is 131 Å². The fourth-order valence-electron chi connectivity index (χ4n) is 6.46. The van der Waals surface area contributed by atoms with Crippen LogP contribution in [0.15, 0.2) is 22.1 Å². The molecule has 9 amide bonds. The second-order valence-corrected chi connectivity index (χ2v) is 16.8. The van der Waals surface area contributed by atoms with Crippen molar-refractivity contribution in [2.45, 2.75) is 118 Å². The molecule has 10 atom stereocenters. The molecule has 1 aliphatic heterocycles. The topological polar surface area (TPSA) is 465 Å². The Balaban J connectivity index is 2.35. The van der Waals surface area contributed by atoms with Crippen molar-refractivity contribution in [2.75, 3.05) is 26.2 Å². The van der Waals surface area contributed by atoms with Crippen molar-refractivity contribution in [2.24, 2.45) is 23.5 Å². The van der Waals surface area contributed by atoms with Gasteiger partial charge in [0, 0.05) is 53.6 Å². The number of aromatic nitrogens is 2. The number of primary amides is 1. The maximum atomic E-state index is 13.8. The van der Waals surface area contributed by atoms with Gasteiger partial charge in [-0.05, 0) is 44.6 Å². The molecular formula is C37H60N12O18S. The van der Waals surface area contributed by atoms with Crippen LogP contribution in [-0.4, -0.2) is 199 Å². The number of aliphatic carboxylic acids is 1. The van der Waals surface area contributed by atoms with Crippen molar-refractivity contribution in [3.8, 4) is 0 Å². The average Bonchev–Trinajstić information content (AvgIpc) is 3.56. The van der Waals surface area contributed by atoms with E-state index in [2.05, 4.69) is 20.9 Å². The second kappa shape index (κ2) is 27.1. The second-order valence-electron chi connectivity index (χ2n) is 15.5. The van der Waals surface area contributed by atoms with Crippen LogP contribution >= 0.6 is 11.8 Å². The van der Waals surface area contributed by atoms with Crippen LogP contribution in [0.5, 0.6) is 0 Å². The number of carbonyl (C=O) groups excluding carboxylic acids is 8. The van der Waals surface area contributed by atoms with Crippen LogP contribution in [-0.2, 0) is 45.4 Å². The summed E-state index contributed by atoms with van der Waals surface area (Å²) < 4.78 is 1.78. The third-order valence-electron chi connectivity index (χ3n) is 10.4. The minimum absolute atomic E-state index is 0.0520. The summed E-state index contributed by atoms with van der Waals surface area (Å²) in [6.45, 7) is 1.07. The van der Waals surface area contributed by atoms with Crippen LogP contribution in [0.4, 0.5) is 4.79 Å². The summed E-state index contributed by atoms with van der Waals surface area (Å²) in [6, 6.07) is -8.79. The number of nitrogens with one attached hydrogen (secondary N) is 4. The van der Waals surface area contributed by atoms with E-state index in [1.807, 2.05) is 5.32 Å². The van der Waals surface area contributed by atoms with Gasteiger partial charge in [0.25, 0.3) is 0 Å². The highest BCUT2D eigenvalue weighted by Gasteiger charge is 2.50. The van der Waals surface area contributed by atoms with E-state index in [-0.39, 0.29) is 57.2 Å². The van der Waals surface area contributed by atoms with E-state index in [1.165, 1.54) is 13.1 Å². The number of carboxylic acid groups (broad SMARTS) is 1. The molecule has 0 radical (unpaired) electrons. The molecule has 0 aromatic carbocycles. The summed E-state index contributed by atoms with van der Waals surface area (Å²) >= 11 is 0.545. The monoisotopic (exact) mass is 992 g/mol. The van der Waals surface area contributed by atoms with Crippen LogP contribution in [0.25, 0.3) is 0 Å². The standard InChI is InChI=1S/C37H60N12O18S/c1-17(51)47(65)12-5-8-20(38)30(57)40-21(9-6-13-48(66)18(2)52)31(58)41-22(10-7-14-49(67)19(3)53)32(59)42-23(16-50)33(60)44-25(35(61)62)26(54)29-27(55)28(56)34(68-29)46-15-11-24(43-36(39)63)45(4)37(46)64/h11,15,20-23,25-29,34,50,54-56,65-67H,5-10,12-14,16,38H2,1-4H3,(H2,39,63)(H,40,57)(H,41,58)(H,42,59)(H,44,60)(H,61,62)/t20-,21-,22-,23-,25+,26+,27-,28+,29+,34+/m0/s1. The Morgan fingerprint density at radius 2 is 1.19 bits per heavy atom. The SMILES string of the molecule is CC(=O)N(O)CCC[C@H](NC(=O)[C@H](CCCN(O)C(C)=O)NC(=O)[C@@H](N)CCCN(O)C(C)=O)C(=O)N[C@@H](CO)C(=O)N[C@@H](C(=O)O)[C@@H](O)[C@H]1S[C@@H](n2ccc(=NC(N)=O)n(C)c2=O)[C@H](O)[C@@H]1O. The van der Waals surface area contributed by atoms with Gasteiger partial charge in [-0.3, -0.25) is 58.3 Å². The lowest BCUT2D eigenvalue weighted by atomic mass is 10.00. The number of hydrogen-bond acceptors (Lipinski definition) is 19. The highest BCUT2D eigenvalue weighted by molar-refractivity contribution is 8.00. The first-order valence-corrected chi connectivity index (χ1v) is 21.7. The molecule has 2 rings (SSSR count). The number of hydroxylamine groups is 6. The number of nitrogens with two attached hydrogens (primary N) is 2. The molecule has 0 unspecified atom stereocenters. The Morgan fingerprint density at radius 3 is 1.63 bits per heavy atom. The fraction of sp³-hybridized carbons (Fsp3) is 0.649. The smallest absolute Gasteiger partial charge is 0.340 e. The molecule has 68 heavy (non-hydrogen) atoms. The molecular weight excluding hydrogens is 933 g/mol. The van der Waals surface area contributed by atoms with Gasteiger partial charge in [0.1, 0.15) is 35.1 Å². The number of thioether (sulfide) groups is 1. The molecule has 1 aromatic rings. The normalized spacial score (nSPS) is 19.6. The summed E-state index contributed by atoms with van der Waals surface area (Å²) in [5.74, 6) is -8.71. The van der Waals surface area contributed by atoms with Crippen molar-refractivity contribution >= 4 is 65.1 Å². The van der Waals surface area contributed by atoms with Gasteiger partial charge in [0.2, 0.25) is 41.4 Å². The van der Waals surface area contributed by atoms with Gasteiger partial charge in [-0.2, -0.15) is 4.99 Å². The van der Waals surface area contributed by atoms with Gasteiger partial charge in [-0.15, -0.1) is 11.8 Å². The van der Waals surface area contributed by atoms with Crippen LogP contribution < -0.4 is 43.9 Å². The number of amides is 9. The molecule has 2 heterocycles. The molecule has 0 aliphatic carbocycles. The van der Waals surface area contributed by atoms with Crippen LogP contribution in [0.3, 0.4) is 0 Å². The van der Waals surface area contributed by atoms with Crippen molar-refractivity contribution in [1.82, 2.24) is 45.6 Å². The molecule has 0 saturated carbocycles. The van der Waals surface area contributed by atoms with E-state index in [0.717, 1.165) is 36.1 Å². The number of carboxylic acids is 1. The third kappa shape index (κ3) is 16.9. The van der Waals surface area contributed by atoms with Crippen molar-refractivity contribution in [3.05, 3.63) is 28.2 Å². The Hall–Kier alpha value is -6.06. The van der Waals surface area contributed by atoms with E-state index in [4.69, 9.17) is 11.5 Å². The molecule has 1 aliphatic rings. The van der Waals surface area contributed by atoms with E-state index >= 15 is 0 Å². The van der Waals surface area contributed by atoms with Gasteiger partial charge in [0.15, 0.2) is 6.04 Å². The lowest BCUT2D eigenvalue weighted by Crippen LogP contribution is -2.61. The molecule has 1 saturated heterocycles. The number of rotatable bonds is 25. The number of hydrogen-bond donors (Lipinski definition) is 14. The van der Waals surface area contributed by atoms with Crippen LogP contribution in [0.1, 0.15) is 64.7 Å². The highest BCUT2D eigenvalue weighted by Crippen LogP contribution is 2.43. The molecule has 0 spiro atoms. The predicted molar refractivity (Wildman–Crippen MR) is 229 cm³/mol. The molecule has 1 fully saturated rings. The summed E-state index contributed by atoms with van der Waals surface area (Å²) in [7, 11) is 1.21. The maximum Gasteiger partial charge on any atom is 0.340 e. The van der Waals surface area contributed by atoms with E-state index in [9.17, 15) is 89.1 Å². The Bertz CT molecular complexity index is 2130. The highest BCUT2D eigenvalue weighted by atomic mass is 32.2. The van der Waals surface area contributed by atoms with Gasteiger partial charge < -0.3 is 58.3 Å². The summed E-state index contributed by atoms with van der Waals surface area (Å²) in [5, 5.41) is 89.5. The Labute approximate surface area is 390 Å². The molecule has 30 nitrogen and oxygen atoms in total. The van der Waals surface area contributed by atoms with Crippen molar-refractivity contribution < 1.29 is 84.3 Å². The van der Waals surface area contributed by atoms with Gasteiger partial charge in [-0.1, -0.05) is 0 Å². The fourth-order valence-corrected chi connectivity index (χ4v) is 8.03. The van der Waals surface area contributed by atoms with Gasteiger partial charge in [-0.25, -0.2) is 29.6 Å². The number of nitrogens with zero attached hydrogens (tertiary/aromatic N) is 6. The maximum absolute atomic E-state index is 13.8. The number of carbonyl (C=O) groups is 9. The third-order valence-corrected chi connectivity index (χ3v) is 12.0. The average molecular weight is 993 g/mol. The lowest BCUT2D eigenvalue weighted by molar-refractivity contribution is -0.163. The van der Waals surface area contributed by atoms with Crippen molar-refractivity contribution in [3.63, 3.8) is 0 Å². The summed E-state index contributed by atoms with van der Waals surface area (Å²) in [4.78, 5) is 129. The Kier molecular flexibility index (Phi) is 23.1. The zero-order chi connectivity index (χ0) is 51.7. The quantitative estimate of drug-likeness (QED) is 0.0320. The number of aliphatic hydroxyl groups is 4. The van der Waals surface area contributed by atoms with Gasteiger partial charge in [0.05, 0.1) is 30.1 Å². The zero-order valence-corrected chi connectivity index (χ0v) is 38.2. The summed E-state index contributed by atoms with van der Waals surface area (Å²) in [5.41, 5.74) is 9.99. The number of aliphatic hydroxyl groups excluding tert-OH is 4. The molecule has 382 valence electrons. The van der Waals surface area contributed by atoms with Crippen LogP contribution in [0.2, 0.25) is 0 Å². The predicted octanol–water partition coefficient (Wildman–Crippen LogP) is -6.74.